The third-order valence-electron chi connectivity index (χ3n) is 3.18. The van der Waals surface area contributed by atoms with Gasteiger partial charge in [-0.05, 0) is 31.2 Å². The van der Waals surface area contributed by atoms with Gasteiger partial charge in [-0.1, -0.05) is 18.2 Å². The molecule has 0 unspecified atom stereocenters. The van der Waals surface area contributed by atoms with Crippen LogP contribution in [0.15, 0.2) is 41.4 Å². The van der Waals surface area contributed by atoms with Gasteiger partial charge < -0.3 is 4.57 Å². The molecule has 0 saturated heterocycles. The van der Waals surface area contributed by atoms with E-state index in [1.54, 1.807) is 12.1 Å². The molecule has 1 aromatic heterocycles. The molecular weight excluding hydrogens is 224 g/mol. The Morgan fingerprint density at radius 1 is 1.28 bits per heavy atom. The van der Waals surface area contributed by atoms with E-state index >= 15 is 0 Å². The van der Waals surface area contributed by atoms with Crippen molar-refractivity contribution in [3.05, 3.63) is 42.5 Å². The number of rotatable bonds is 2. The van der Waals surface area contributed by atoms with Gasteiger partial charge in [-0.15, -0.1) is 0 Å². The molecule has 0 amide bonds. The first-order chi connectivity index (χ1) is 8.86. The second-order valence-corrected chi connectivity index (χ2v) is 4.07. The van der Waals surface area contributed by atoms with Gasteiger partial charge in [0.1, 0.15) is 5.69 Å². The standard InChI is InChI=1S/C15H11N2O/c1-2-17-14-9-4-3-6-11(14)12-7-5-8-13(15(12)17)16-10-18/h3-4,6-9H,2H2,1H3. The summed E-state index contributed by atoms with van der Waals surface area (Å²) in [6.45, 7) is 2.91. The van der Waals surface area contributed by atoms with Crippen LogP contribution < -0.4 is 0 Å². The van der Waals surface area contributed by atoms with Crippen molar-refractivity contribution in [2.45, 2.75) is 13.5 Å². The molecule has 1 radical (unpaired) electrons. The zero-order valence-electron chi connectivity index (χ0n) is 9.97. The zero-order valence-corrected chi connectivity index (χ0v) is 9.97. The lowest BCUT2D eigenvalue weighted by Crippen LogP contribution is -1.92. The second kappa shape index (κ2) is 4.13. The molecular formula is C15H11N2O. The van der Waals surface area contributed by atoms with E-state index in [-0.39, 0.29) is 0 Å². The number of fused-ring (bicyclic) bond motifs is 3. The fourth-order valence-corrected chi connectivity index (χ4v) is 2.49. The zero-order chi connectivity index (χ0) is 12.5. The predicted molar refractivity (Wildman–Crippen MR) is 71.7 cm³/mol. The number of para-hydroxylation sites is 1. The molecule has 0 N–H and O–H groups in total. The van der Waals surface area contributed by atoms with E-state index in [4.69, 9.17) is 0 Å². The summed E-state index contributed by atoms with van der Waals surface area (Å²) in [5.41, 5.74) is 2.75. The predicted octanol–water partition coefficient (Wildman–Crippen LogP) is 3.58. The number of hydrogen-bond donors (Lipinski definition) is 0. The molecule has 0 saturated carbocycles. The summed E-state index contributed by atoms with van der Waals surface area (Å²) in [6.07, 6.45) is 1.61. The molecule has 0 aliphatic rings. The number of nitrogens with zero attached hydrogens (tertiary/aromatic N) is 2. The molecule has 1 heterocycles. The van der Waals surface area contributed by atoms with Gasteiger partial charge >= 0.3 is 0 Å². The van der Waals surface area contributed by atoms with Crippen molar-refractivity contribution in [2.75, 3.05) is 0 Å². The molecule has 0 aliphatic heterocycles. The van der Waals surface area contributed by atoms with Crippen LogP contribution in [-0.4, -0.2) is 10.6 Å². The molecule has 3 aromatic rings. The summed E-state index contributed by atoms with van der Waals surface area (Å²) in [5, 5.41) is 2.23. The van der Waals surface area contributed by atoms with Gasteiger partial charge in [0.15, 0.2) is 0 Å². The van der Waals surface area contributed by atoms with Crippen molar-refractivity contribution in [2.24, 2.45) is 4.99 Å². The van der Waals surface area contributed by atoms with Crippen LogP contribution in [0.5, 0.6) is 0 Å². The molecule has 0 fully saturated rings. The van der Waals surface area contributed by atoms with Crippen molar-refractivity contribution in [3.63, 3.8) is 0 Å². The van der Waals surface area contributed by atoms with Crippen LogP contribution >= 0.6 is 0 Å². The summed E-state index contributed by atoms with van der Waals surface area (Å²) in [6, 6.07) is 14.9. The highest BCUT2D eigenvalue weighted by Crippen LogP contribution is 2.34. The molecule has 18 heavy (non-hydrogen) atoms. The summed E-state index contributed by atoms with van der Waals surface area (Å²) >= 11 is 0. The van der Waals surface area contributed by atoms with E-state index in [1.807, 2.05) is 18.2 Å². The molecule has 3 nitrogen and oxygen atoms in total. The van der Waals surface area contributed by atoms with Gasteiger partial charge in [0.25, 0.3) is 0 Å². The molecule has 2 aromatic carbocycles. The van der Waals surface area contributed by atoms with Gasteiger partial charge in [0.2, 0.25) is 6.08 Å². The summed E-state index contributed by atoms with van der Waals surface area (Å²) < 4.78 is 2.16. The van der Waals surface area contributed by atoms with E-state index in [0.29, 0.717) is 5.69 Å². The number of aliphatic imine (C=N–C) groups is 1. The molecule has 0 bridgehead atoms. The number of isocyanates is 1. The van der Waals surface area contributed by atoms with Crippen molar-refractivity contribution in [1.29, 1.82) is 0 Å². The lowest BCUT2D eigenvalue weighted by atomic mass is 10.1. The van der Waals surface area contributed by atoms with Crippen LogP contribution in [-0.2, 0) is 11.3 Å². The third-order valence-corrected chi connectivity index (χ3v) is 3.18. The minimum Gasteiger partial charge on any atom is -0.339 e. The molecule has 0 aliphatic carbocycles. The topological polar surface area (TPSA) is 34.4 Å². The Hall–Kier alpha value is -2.38. The number of hydrogen-bond acceptors (Lipinski definition) is 2. The van der Waals surface area contributed by atoms with Crippen molar-refractivity contribution in [1.82, 2.24) is 4.57 Å². The Labute approximate surface area is 104 Å². The average molecular weight is 235 g/mol. The smallest absolute Gasteiger partial charge is 0.240 e. The Morgan fingerprint density at radius 2 is 2.11 bits per heavy atom. The van der Waals surface area contributed by atoms with E-state index in [9.17, 15) is 4.79 Å². The number of benzene rings is 2. The highest BCUT2D eigenvalue weighted by Gasteiger charge is 2.11. The highest BCUT2D eigenvalue weighted by atomic mass is 16.1. The lowest BCUT2D eigenvalue weighted by molar-refractivity contribution is 0.565. The molecule has 0 atom stereocenters. The van der Waals surface area contributed by atoms with Crippen molar-refractivity contribution in [3.8, 4) is 0 Å². The first kappa shape index (κ1) is 10.8. The van der Waals surface area contributed by atoms with Gasteiger partial charge in [-0.2, -0.15) is 4.99 Å². The molecule has 3 rings (SSSR count). The van der Waals surface area contributed by atoms with Gasteiger partial charge in [-0.3, -0.25) is 0 Å². The Balaban J connectivity index is 2.59. The van der Waals surface area contributed by atoms with Crippen molar-refractivity contribution >= 4 is 33.6 Å². The van der Waals surface area contributed by atoms with Gasteiger partial charge in [-0.25, -0.2) is 4.79 Å². The van der Waals surface area contributed by atoms with Crippen LogP contribution in [0.1, 0.15) is 6.92 Å². The fourth-order valence-electron chi connectivity index (χ4n) is 2.49. The quantitative estimate of drug-likeness (QED) is 0.493. The molecule has 3 heteroatoms. The number of aryl methyl sites for hydroxylation is 1. The maximum atomic E-state index is 10.5. The Bertz CT molecular complexity index is 780. The first-order valence-corrected chi connectivity index (χ1v) is 5.85. The van der Waals surface area contributed by atoms with Crippen molar-refractivity contribution < 1.29 is 4.79 Å². The average Bonchev–Trinajstić information content (AvgIpc) is 2.74. The van der Waals surface area contributed by atoms with Crippen LogP contribution in [0.25, 0.3) is 21.8 Å². The number of carbonyl (C=O) groups excluding carboxylic acids is 1. The summed E-state index contributed by atoms with van der Waals surface area (Å²) in [4.78, 5) is 14.3. The fraction of sp³-hybridized carbons (Fsp3) is 0.133. The highest BCUT2D eigenvalue weighted by molar-refractivity contribution is 6.11. The van der Waals surface area contributed by atoms with Crippen LogP contribution in [0, 0.1) is 6.07 Å². The van der Waals surface area contributed by atoms with Crippen LogP contribution in [0.2, 0.25) is 0 Å². The monoisotopic (exact) mass is 235 g/mol. The molecule has 87 valence electrons. The third kappa shape index (κ3) is 1.38. The minimum absolute atomic E-state index is 0.626. The first-order valence-electron chi connectivity index (χ1n) is 5.85. The van der Waals surface area contributed by atoms with Gasteiger partial charge in [0, 0.05) is 22.8 Å². The van der Waals surface area contributed by atoms with Gasteiger partial charge in [0.05, 0.1) is 5.52 Å². The minimum atomic E-state index is 0.626. The maximum Gasteiger partial charge on any atom is 0.240 e. The Morgan fingerprint density at radius 3 is 2.89 bits per heavy atom. The van der Waals surface area contributed by atoms with E-state index in [0.717, 1.165) is 28.4 Å². The maximum absolute atomic E-state index is 10.5. The number of aromatic nitrogens is 1. The summed E-state index contributed by atoms with van der Waals surface area (Å²) in [5.74, 6) is 0. The molecule has 0 spiro atoms. The van der Waals surface area contributed by atoms with E-state index in [2.05, 4.69) is 34.7 Å². The summed E-state index contributed by atoms with van der Waals surface area (Å²) in [7, 11) is 0. The SMILES string of the molecule is CCn1c2ccccc2c2c[c]cc(N=C=O)c21. The van der Waals surface area contributed by atoms with Crippen LogP contribution in [0.3, 0.4) is 0 Å². The largest absolute Gasteiger partial charge is 0.339 e. The van der Waals surface area contributed by atoms with E-state index < -0.39 is 0 Å². The lowest BCUT2D eigenvalue weighted by Gasteiger charge is -2.04. The normalized spacial score (nSPS) is 10.7. The Kier molecular flexibility index (Phi) is 2.47. The van der Waals surface area contributed by atoms with Crippen LogP contribution in [0.4, 0.5) is 5.69 Å². The second-order valence-electron chi connectivity index (χ2n) is 4.07. The van der Waals surface area contributed by atoms with E-state index in [1.165, 1.54) is 0 Å².